The third-order valence-corrected chi connectivity index (χ3v) is 4.39. The van der Waals surface area contributed by atoms with E-state index in [0.717, 1.165) is 48.7 Å². The Morgan fingerprint density at radius 1 is 1.37 bits per heavy atom. The average Bonchev–Trinajstić information content (AvgIpc) is 3.29. The molecule has 1 aliphatic heterocycles. The zero-order chi connectivity index (χ0) is 18.2. The van der Waals surface area contributed by atoms with Gasteiger partial charge >= 0.3 is 0 Å². The molecule has 1 fully saturated rings. The number of nitrogens with zero attached hydrogens (tertiary/aromatic N) is 2. The van der Waals surface area contributed by atoms with Gasteiger partial charge in [-0.05, 0) is 31.9 Å². The fourth-order valence-corrected chi connectivity index (χ4v) is 3.10. The number of fused-ring (bicyclic) bond motifs is 1. The second-order valence-electron chi connectivity index (χ2n) is 6.55. The van der Waals surface area contributed by atoms with Crippen LogP contribution in [0.1, 0.15) is 25.5 Å². The Kier molecular flexibility index (Phi) is 9.36. The van der Waals surface area contributed by atoms with Crippen LogP contribution in [-0.2, 0) is 16.0 Å². The Hall–Kier alpha value is -1.32. The van der Waals surface area contributed by atoms with Crippen LogP contribution < -0.4 is 5.32 Å². The smallest absolute Gasteiger partial charge is 0.194 e. The Balaban J connectivity index is 0.00000261. The fourth-order valence-electron chi connectivity index (χ4n) is 3.10. The Labute approximate surface area is 178 Å². The first-order valence-corrected chi connectivity index (χ1v) is 9.42. The Bertz CT molecular complexity index is 680. The van der Waals surface area contributed by atoms with Crippen molar-refractivity contribution >= 4 is 40.9 Å². The summed E-state index contributed by atoms with van der Waals surface area (Å²) in [6.07, 6.45) is 2.51. The highest BCUT2D eigenvalue weighted by atomic mass is 127. The number of ether oxygens (including phenoxy) is 2. The molecule has 1 aromatic heterocycles. The molecule has 0 amide bonds. The van der Waals surface area contributed by atoms with Crippen LogP contribution in [0.15, 0.2) is 39.7 Å². The summed E-state index contributed by atoms with van der Waals surface area (Å²) in [6, 6.07) is 10.1. The van der Waals surface area contributed by atoms with Gasteiger partial charge in [0.15, 0.2) is 5.96 Å². The number of guanidine groups is 1. The highest BCUT2D eigenvalue weighted by molar-refractivity contribution is 14.0. The lowest BCUT2D eigenvalue weighted by Gasteiger charge is -2.21. The maximum Gasteiger partial charge on any atom is 0.194 e. The zero-order valence-corrected chi connectivity index (χ0v) is 18.5. The topological polar surface area (TPSA) is 59.2 Å². The predicted molar refractivity (Wildman–Crippen MR) is 119 cm³/mol. The molecule has 2 heterocycles. The van der Waals surface area contributed by atoms with E-state index >= 15 is 0 Å². The van der Waals surface area contributed by atoms with Crippen molar-refractivity contribution in [1.82, 2.24) is 10.2 Å². The lowest BCUT2D eigenvalue weighted by molar-refractivity contribution is 0.0199. The molecule has 1 saturated heterocycles. The largest absolute Gasteiger partial charge is 0.459 e. The summed E-state index contributed by atoms with van der Waals surface area (Å²) in [6.45, 7) is 6.31. The number of aliphatic imine (C=N–C) groups is 1. The van der Waals surface area contributed by atoms with Crippen LogP contribution in [0, 0.1) is 0 Å². The van der Waals surface area contributed by atoms with Crippen molar-refractivity contribution in [2.75, 3.05) is 40.0 Å². The number of furan rings is 1. The summed E-state index contributed by atoms with van der Waals surface area (Å²) < 4.78 is 17.1. The summed E-state index contributed by atoms with van der Waals surface area (Å²) in [5, 5.41) is 4.45. The van der Waals surface area contributed by atoms with E-state index in [2.05, 4.69) is 34.3 Å². The molecule has 2 aromatic rings. The molecule has 27 heavy (non-hydrogen) atoms. The number of rotatable bonds is 8. The van der Waals surface area contributed by atoms with Crippen LogP contribution in [-0.4, -0.2) is 56.9 Å². The van der Waals surface area contributed by atoms with Gasteiger partial charge in [-0.15, -0.1) is 24.0 Å². The maximum atomic E-state index is 5.90. The number of hydrogen-bond donors (Lipinski definition) is 1. The molecular formula is C20H30IN3O3. The van der Waals surface area contributed by atoms with E-state index < -0.39 is 0 Å². The standard InChI is InChI=1S/C20H29N3O3.HI/c1-3-21-20(22-10-12-24-15-17-8-6-11-25-17)23(2)14-18-13-16-7-4-5-9-19(16)26-18;/h4-5,7,9,13,17H,3,6,8,10-12,14-15H2,1-2H3,(H,21,22);1H. The number of halogens is 1. The summed E-state index contributed by atoms with van der Waals surface area (Å²) in [5.41, 5.74) is 0.917. The summed E-state index contributed by atoms with van der Waals surface area (Å²) >= 11 is 0. The van der Waals surface area contributed by atoms with Gasteiger partial charge in [0.1, 0.15) is 11.3 Å². The zero-order valence-electron chi connectivity index (χ0n) is 16.1. The molecule has 3 rings (SSSR count). The predicted octanol–water partition coefficient (Wildman–Crippen LogP) is 3.64. The molecule has 0 spiro atoms. The van der Waals surface area contributed by atoms with Crippen molar-refractivity contribution in [2.45, 2.75) is 32.4 Å². The molecule has 150 valence electrons. The minimum Gasteiger partial charge on any atom is -0.459 e. The van der Waals surface area contributed by atoms with Gasteiger partial charge in [0.05, 0.1) is 32.4 Å². The third kappa shape index (κ3) is 6.65. The van der Waals surface area contributed by atoms with Gasteiger partial charge in [-0.2, -0.15) is 0 Å². The lowest BCUT2D eigenvalue weighted by Crippen LogP contribution is -2.38. The van der Waals surface area contributed by atoms with Crippen LogP contribution in [0.3, 0.4) is 0 Å². The molecule has 0 radical (unpaired) electrons. The molecule has 0 bridgehead atoms. The minimum atomic E-state index is 0. The highest BCUT2D eigenvalue weighted by Gasteiger charge is 2.15. The minimum absolute atomic E-state index is 0. The third-order valence-electron chi connectivity index (χ3n) is 4.39. The monoisotopic (exact) mass is 487 g/mol. The number of benzene rings is 1. The summed E-state index contributed by atoms with van der Waals surface area (Å²) in [4.78, 5) is 6.72. The van der Waals surface area contributed by atoms with Crippen LogP contribution >= 0.6 is 24.0 Å². The van der Waals surface area contributed by atoms with Crippen LogP contribution in [0.2, 0.25) is 0 Å². The molecule has 0 saturated carbocycles. The molecule has 1 unspecified atom stereocenters. The molecular weight excluding hydrogens is 457 g/mol. The van der Waals surface area contributed by atoms with Gasteiger partial charge in [0.2, 0.25) is 0 Å². The van der Waals surface area contributed by atoms with Gasteiger partial charge < -0.3 is 24.1 Å². The van der Waals surface area contributed by atoms with Crippen LogP contribution in [0.4, 0.5) is 0 Å². The summed E-state index contributed by atoms with van der Waals surface area (Å²) in [7, 11) is 2.02. The normalized spacial score (nSPS) is 17.1. The van der Waals surface area contributed by atoms with Crippen molar-refractivity contribution in [2.24, 2.45) is 4.99 Å². The molecule has 6 nitrogen and oxygen atoms in total. The molecule has 1 N–H and O–H groups in total. The maximum absolute atomic E-state index is 5.90. The first kappa shape index (κ1) is 22.0. The average molecular weight is 487 g/mol. The van der Waals surface area contributed by atoms with Gasteiger partial charge in [-0.3, -0.25) is 4.99 Å². The van der Waals surface area contributed by atoms with E-state index in [1.54, 1.807) is 0 Å². The van der Waals surface area contributed by atoms with E-state index in [1.165, 1.54) is 0 Å². The molecule has 7 heteroatoms. The fraction of sp³-hybridized carbons (Fsp3) is 0.550. The molecule has 1 atom stereocenters. The van der Waals surface area contributed by atoms with Crippen molar-refractivity contribution in [3.8, 4) is 0 Å². The number of nitrogens with one attached hydrogen (secondary N) is 1. The first-order valence-electron chi connectivity index (χ1n) is 9.42. The van der Waals surface area contributed by atoms with Crippen LogP contribution in [0.5, 0.6) is 0 Å². The van der Waals surface area contributed by atoms with E-state index in [0.29, 0.717) is 26.3 Å². The van der Waals surface area contributed by atoms with E-state index in [9.17, 15) is 0 Å². The van der Waals surface area contributed by atoms with E-state index in [-0.39, 0.29) is 30.1 Å². The second kappa shape index (κ2) is 11.5. The molecule has 1 aliphatic rings. The van der Waals surface area contributed by atoms with Crippen molar-refractivity contribution in [3.05, 3.63) is 36.1 Å². The van der Waals surface area contributed by atoms with E-state index in [1.807, 2.05) is 25.2 Å². The molecule has 1 aromatic carbocycles. The number of para-hydroxylation sites is 1. The quantitative estimate of drug-likeness (QED) is 0.267. The van der Waals surface area contributed by atoms with Gasteiger partial charge in [0.25, 0.3) is 0 Å². The van der Waals surface area contributed by atoms with Gasteiger partial charge in [-0.25, -0.2) is 0 Å². The van der Waals surface area contributed by atoms with Crippen molar-refractivity contribution in [1.29, 1.82) is 0 Å². The van der Waals surface area contributed by atoms with Crippen molar-refractivity contribution < 1.29 is 13.9 Å². The molecule has 0 aliphatic carbocycles. The number of hydrogen-bond acceptors (Lipinski definition) is 4. The highest BCUT2D eigenvalue weighted by Crippen LogP contribution is 2.19. The van der Waals surface area contributed by atoms with E-state index in [4.69, 9.17) is 13.9 Å². The summed E-state index contributed by atoms with van der Waals surface area (Å²) in [5.74, 6) is 1.78. The SMILES string of the molecule is CCNC(=NCCOCC1CCCO1)N(C)Cc1cc2ccccc2o1.I. The first-order chi connectivity index (χ1) is 12.8. The Morgan fingerprint density at radius 3 is 2.96 bits per heavy atom. The van der Waals surface area contributed by atoms with Gasteiger partial charge in [0, 0.05) is 25.6 Å². The lowest BCUT2D eigenvalue weighted by atomic mass is 10.2. The van der Waals surface area contributed by atoms with Crippen molar-refractivity contribution in [3.63, 3.8) is 0 Å². The van der Waals surface area contributed by atoms with Gasteiger partial charge in [-0.1, -0.05) is 18.2 Å². The van der Waals surface area contributed by atoms with Crippen LogP contribution in [0.25, 0.3) is 11.0 Å². The second-order valence-corrected chi connectivity index (χ2v) is 6.55. The Morgan fingerprint density at radius 2 is 2.22 bits per heavy atom.